The van der Waals surface area contributed by atoms with Gasteiger partial charge in [0.15, 0.2) is 0 Å². The van der Waals surface area contributed by atoms with Gasteiger partial charge in [-0.3, -0.25) is 4.79 Å². The van der Waals surface area contributed by atoms with E-state index in [1.165, 1.54) is 6.92 Å². The molecule has 3 nitrogen and oxygen atoms in total. The van der Waals surface area contributed by atoms with Crippen molar-refractivity contribution in [2.24, 2.45) is 0 Å². The van der Waals surface area contributed by atoms with Gasteiger partial charge in [0.2, 0.25) is 0 Å². The molecule has 0 amide bonds. The number of ether oxygens (including phenoxy) is 1. The van der Waals surface area contributed by atoms with Crippen LogP contribution in [0.4, 0.5) is 0 Å². The first-order chi connectivity index (χ1) is 6.79. The Morgan fingerprint density at radius 3 is 3.07 bits per heavy atom. The third-order valence-electron chi connectivity index (χ3n) is 1.43. The molecule has 14 heavy (non-hydrogen) atoms. The fourth-order valence-corrected chi connectivity index (χ4v) is 0.836. The van der Waals surface area contributed by atoms with Crippen molar-refractivity contribution in [3.8, 4) is 0 Å². The SMILES string of the molecule is CC(=O)OCC=CC=Cc1ccco1. The summed E-state index contributed by atoms with van der Waals surface area (Å²) in [5.41, 5.74) is 0. The van der Waals surface area contributed by atoms with Crippen LogP contribution >= 0.6 is 0 Å². The van der Waals surface area contributed by atoms with Crippen LogP contribution in [-0.4, -0.2) is 12.6 Å². The molecule has 0 aliphatic heterocycles. The van der Waals surface area contributed by atoms with E-state index in [1.807, 2.05) is 24.3 Å². The monoisotopic (exact) mass is 192 g/mol. The van der Waals surface area contributed by atoms with Gasteiger partial charge in [-0.25, -0.2) is 0 Å². The molecule has 0 saturated carbocycles. The van der Waals surface area contributed by atoms with Crippen molar-refractivity contribution >= 4 is 12.0 Å². The van der Waals surface area contributed by atoms with E-state index < -0.39 is 0 Å². The molecule has 0 unspecified atom stereocenters. The van der Waals surface area contributed by atoms with Gasteiger partial charge < -0.3 is 9.15 Å². The molecule has 0 bridgehead atoms. The Morgan fingerprint density at radius 2 is 2.43 bits per heavy atom. The molecule has 1 aromatic rings. The van der Waals surface area contributed by atoms with Crippen LogP contribution in [0.15, 0.2) is 41.0 Å². The van der Waals surface area contributed by atoms with Crippen LogP contribution in [0.25, 0.3) is 6.08 Å². The van der Waals surface area contributed by atoms with Gasteiger partial charge >= 0.3 is 5.97 Å². The molecule has 0 aliphatic carbocycles. The maximum absolute atomic E-state index is 10.4. The van der Waals surface area contributed by atoms with E-state index in [2.05, 4.69) is 0 Å². The number of rotatable bonds is 4. The summed E-state index contributed by atoms with van der Waals surface area (Å²) in [6.07, 6.45) is 8.81. The van der Waals surface area contributed by atoms with Crippen LogP contribution < -0.4 is 0 Å². The third-order valence-corrected chi connectivity index (χ3v) is 1.43. The minimum Gasteiger partial charge on any atom is -0.465 e. The molecule has 0 aliphatic rings. The van der Waals surface area contributed by atoms with E-state index in [-0.39, 0.29) is 5.97 Å². The largest absolute Gasteiger partial charge is 0.465 e. The fraction of sp³-hybridized carbons (Fsp3) is 0.182. The first kappa shape index (κ1) is 10.3. The van der Waals surface area contributed by atoms with Crippen LogP contribution in [0.3, 0.4) is 0 Å². The molecule has 1 rings (SSSR count). The highest BCUT2D eigenvalue weighted by molar-refractivity contribution is 5.66. The minimum absolute atomic E-state index is 0.273. The molecule has 0 N–H and O–H groups in total. The van der Waals surface area contributed by atoms with Crippen molar-refractivity contribution in [2.45, 2.75) is 6.92 Å². The Kier molecular flexibility index (Phi) is 4.27. The number of carbonyl (C=O) groups excluding carboxylic acids is 1. The van der Waals surface area contributed by atoms with Crippen molar-refractivity contribution in [3.63, 3.8) is 0 Å². The molecule has 0 atom stereocenters. The molecular formula is C11H12O3. The Bertz CT molecular complexity index is 320. The van der Waals surface area contributed by atoms with Gasteiger partial charge in [-0.05, 0) is 24.3 Å². The topological polar surface area (TPSA) is 39.4 Å². The molecule has 0 spiro atoms. The minimum atomic E-state index is -0.273. The van der Waals surface area contributed by atoms with Gasteiger partial charge in [0.05, 0.1) is 6.26 Å². The summed E-state index contributed by atoms with van der Waals surface area (Å²) in [6, 6.07) is 3.68. The zero-order valence-electron chi connectivity index (χ0n) is 7.97. The van der Waals surface area contributed by atoms with Crippen LogP contribution in [0, 0.1) is 0 Å². The Hall–Kier alpha value is -1.77. The Balaban J connectivity index is 2.23. The first-order valence-electron chi connectivity index (χ1n) is 4.29. The fourth-order valence-electron chi connectivity index (χ4n) is 0.836. The predicted octanol–water partition coefficient (Wildman–Crippen LogP) is 2.41. The van der Waals surface area contributed by atoms with E-state index in [0.717, 1.165) is 5.76 Å². The van der Waals surface area contributed by atoms with Crippen molar-refractivity contribution in [1.29, 1.82) is 0 Å². The van der Waals surface area contributed by atoms with E-state index in [1.54, 1.807) is 18.4 Å². The summed E-state index contributed by atoms with van der Waals surface area (Å²) in [7, 11) is 0. The van der Waals surface area contributed by atoms with Crippen LogP contribution in [0.2, 0.25) is 0 Å². The molecule has 0 fully saturated rings. The number of hydrogen-bond acceptors (Lipinski definition) is 3. The van der Waals surface area contributed by atoms with Gasteiger partial charge in [-0.1, -0.05) is 12.2 Å². The Labute approximate surface area is 82.7 Å². The first-order valence-corrected chi connectivity index (χ1v) is 4.29. The molecule has 0 aromatic carbocycles. The lowest BCUT2D eigenvalue weighted by Crippen LogP contribution is -1.96. The molecular weight excluding hydrogens is 180 g/mol. The van der Waals surface area contributed by atoms with Crippen molar-refractivity contribution < 1.29 is 13.9 Å². The van der Waals surface area contributed by atoms with Crippen molar-refractivity contribution in [1.82, 2.24) is 0 Å². The normalized spacial score (nSPS) is 11.2. The van der Waals surface area contributed by atoms with Gasteiger partial charge in [0.1, 0.15) is 12.4 Å². The second-order valence-corrected chi connectivity index (χ2v) is 2.61. The van der Waals surface area contributed by atoms with Gasteiger partial charge in [-0.15, -0.1) is 0 Å². The summed E-state index contributed by atoms with van der Waals surface area (Å²) in [4.78, 5) is 10.4. The summed E-state index contributed by atoms with van der Waals surface area (Å²) in [6.45, 7) is 1.68. The summed E-state index contributed by atoms with van der Waals surface area (Å²) in [5.74, 6) is 0.520. The maximum atomic E-state index is 10.4. The summed E-state index contributed by atoms with van der Waals surface area (Å²) in [5, 5.41) is 0. The zero-order chi connectivity index (χ0) is 10.2. The van der Waals surface area contributed by atoms with Crippen molar-refractivity contribution in [3.05, 3.63) is 42.4 Å². The lowest BCUT2D eigenvalue weighted by atomic mass is 10.4. The number of furan rings is 1. The molecule has 3 heteroatoms. The highest BCUT2D eigenvalue weighted by Gasteiger charge is 1.86. The average Bonchev–Trinajstić information content (AvgIpc) is 2.63. The van der Waals surface area contributed by atoms with E-state index in [4.69, 9.17) is 9.15 Å². The quantitative estimate of drug-likeness (QED) is 0.543. The third kappa shape index (κ3) is 4.30. The second kappa shape index (κ2) is 5.80. The summed E-state index contributed by atoms with van der Waals surface area (Å²) >= 11 is 0. The van der Waals surface area contributed by atoms with Crippen LogP contribution in [0.1, 0.15) is 12.7 Å². The van der Waals surface area contributed by atoms with Crippen molar-refractivity contribution in [2.75, 3.05) is 6.61 Å². The lowest BCUT2D eigenvalue weighted by Gasteiger charge is -1.92. The van der Waals surface area contributed by atoms with Crippen LogP contribution in [0.5, 0.6) is 0 Å². The van der Waals surface area contributed by atoms with Gasteiger partial charge in [0.25, 0.3) is 0 Å². The highest BCUT2D eigenvalue weighted by Crippen LogP contribution is 2.01. The predicted molar refractivity (Wildman–Crippen MR) is 53.5 cm³/mol. The number of allylic oxidation sites excluding steroid dienone is 2. The smallest absolute Gasteiger partial charge is 0.302 e. The molecule has 0 saturated heterocycles. The maximum Gasteiger partial charge on any atom is 0.302 e. The second-order valence-electron chi connectivity index (χ2n) is 2.61. The standard InChI is InChI=1S/C11H12O3/c1-10(12)13-8-4-2-3-6-11-7-5-9-14-11/h2-7,9H,8H2,1H3. The van der Waals surface area contributed by atoms with E-state index >= 15 is 0 Å². The molecule has 1 heterocycles. The van der Waals surface area contributed by atoms with E-state index in [0.29, 0.717) is 6.61 Å². The van der Waals surface area contributed by atoms with Gasteiger partial charge in [-0.2, -0.15) is 0 Å². The lowest BCUT2D eigenvalue weighted by molar-refractivity contribution is -0.139. The number of carbonyl (C=O) groups is 1. The molecule has 1 aromatic heterocycles. The summed E-state index contributed by atoms with van der Waals surface area (Å²) < 4.78 is 9.77. The van der Waals surface area contributed by atoms with Crippen LogP contribution in [-0.2, 0) is 9.53 Å². The number of esters is 1. The highest BCUT2D eigenvalue weighted by atomic mass is 16.5. The zero-order valence-corrected chi connectivity index (χ0v) is 7.97. The molecule has 0 radical (unpaired) electrons. The number of hydrogen-bond donors (Lipinski definition) is 0. The Morgan fingerprint density at radius 1 is 1.57 bits per heavy atom. The van der Waals surface area contributed by atoms with Gasteiger partial charge in [0, 0.05) is 6.92 Å². The average molecular weight is 192 g/mol. The molecule has 74 valence electrons. The van der Waals surface area contributed by atoms with E-state index in [9.17, 15) is 4.79 Å².